The summed E-state index contributed by atoms with van der Waals surface area (Å²) in [6.07, 6.45) is 3.96. The molecule has 3 aromatic rings. The first-order valence-corrected chi connectivity index (χ1v) is 10.7. The van der Waals surface area contributed by atoms with E-state index in [1.807, 2.05) is 65.6 Å². The van der Waals surface area contributed by atoms with Crippen LogP contribution in [0.3, 0.4) is 0 Å². The maximum absolute atomic E-state index is 13.8. The molecule has 3 aliphatic rings. The highest BCUT2D eigenvalue weighted by molar-refractivity contribution is 6.25. The normalized spacial score (nSPS) is 25.5. The van der Waals surface area contributed by atoms with Crippen molar-refractivity contribution in [1.82, 2.24) is 0 Å². The van der Waals surface area contributed by atoms with Crippen LogP contribution >= 0.6 is 0 Å². The lowest BCUT2D eigenvalue weighted by Gasteiger charge is -2.36. The Bertz CT molecular complexity index is 1270. The summed E-state index contributed by atoms with van der Waals surface area (Å²) in [6, 6.07) is 24.7. The van der Waals surface area contributed by atoms with Crippen LogP contribution < -0.4 is 9.80 Å². The van der Waals surface area contributed by atoms with Crippen molar-refractivity contribution in [1.29, 1.82) is 0 Å². The van der Waals surface area contributed by atoms with E-state index in [9.17, 15) is 14.4 Å². The van der Waals surface area contributed by atoms with E-state index in [4.69, 9.17) is 0 Å². The highest BCUT2D eigenvalue weighted by Gasteiger charge is 2.64. The number of rotatable bonds is 3. The molecule has 0 saturated carbocycles. The first kappa shape index (κ1) is 18.8. The number of ketones is 1. The summed E-state index contributed by atoms with van der Waals surface area (Å²) in [5, 5.41) is 0. The standard InChI is InChI=1S/C27H20N2O3/c30-25(18-10-3-1-4-11-18)24-23-22(21-16-15-17-9-7-8-14-20(17)29(21)24)26(31)28(27(23)32)19-12-5-2-6-13-19/h1-16,21-24H. The van der Waals surface area contributed by atoms with E-state index in [1.54, 1.807) is 36.4 Å². The fourth-order valence-corrected chi connectivity index (χ4v) is 5.42. The second kappa shape index (κ2) is 7.02. The maximum Gasteiger partial charge on any atom is 0.240 e. The molecule has 6 rings (SSSR count). The average molecular weight is 420 g/mol. The van der Waals surface area contributed by atoms with Gasteiger partial charge in [0.2, 0.25) is 11.8 Å². The second-order valence-corrected chi connectivity index (χ2v) is 8.39. The van der Waals surface area contributed by atoms with Crippen LogP contribution in [0.25, 0.3) is 6.08 Å². The van der Waals surface area contributed by atoms with Crippen molar-refractivity contribution in [2.24, 2.45) is 11.8 Å². The van der Waals surface area contributed by atoms with Gasteiger partial charge < -0.3 is 4.90 Å². The topological polar surface area (TPSA) is 57.7 Å². The molecule has 0 aliphatic carbocycles. The number of imide groups is 1. The van der Waals surface area contributed by atoms with Gasteiger partial charge in [-0.2, -0.15) is 0 Å². The number of carbonyl (C=O) groups is 3. The number of amides is 2. The Balaban J connectivity index is 1.51. The van der Waals surface area contributed by atoms with Gasteiger partial charge >= 0.3 is 0 Å². The van der Waals surface area contributed by atoms with E-state index in [2.05, 4.69) is 0 Å². The van der Waals surface area contributed by atoms with Gasteiger partial charge in [0, 0.05) is 11.3 Å². The quantitative estimate of drug-likeness (QED) is 0.475. The summed E-state index contributed by atoms with van der Waals surface area (Å²) in [7, 11) is 0. The van der Waals surface area contributed by atoms with E-state index in [-0.39, 0.29) is 23.6 Å². The zero-order valence-corrected chi connectivity index (χ0v) is 17.2. The van der Waals surface area contributed by atoms with Crippen molar-refractivity contribution >= 4 is 35.0 Å². The molecular weight excluding hydrogens is 400 g/mol. The van der Waals surface area contributed by atoms with E-state index in [0.717, 1.165) is 11.3 Å². The summed E-state index contributed by atoms with van der Waals surface area (Å²) in [6.45, 7) is 0. The molecule has 2 saturated heterocycles. The summed E-state index contributed by atoms with van der Waals surface area (Å²) in [5.74, 6) is -2.03. The minimum absolute atomic E-state index is 0.135. The van der Waals surface area contributed by atoms with Gasteiger partial charge in [0.1, 0.15) is 6.04 Å². The van der Waals surface area contributed by atoms with Gasteiger partial charge in [-0.15, -0.1) is 0 Å². The first-order valence-electron chi connectivity index (χ1n) is 10.7. The van der Waals surface area contributed by atoms with Crippen LogP contribution in [0, 0.1) is 11.8 Å². The van der Waals surface area contributed by atoms with Gasteiger partial charge in [0.25, 0.3) is 0 Å². The van der Waals surface area contributed by atoms with Gasteiger partial charge in [0.05, 0.1) is 23.6 Å². The van der Waals surface area contributed by atoms with Gasteiger partial charge in [-0.25, -0.2) is 4.90 Å². The third kappa shape index (κ3) is 2.54. The van der Waals surface area contributed by atoms with Crippen LogP contribution in [0.2, 0.25) is 0 Å². The highest BCUT2D eigenvalue weighted by Crippen LogP contribution is 2.49. The van der Waals surface area contributed by atoms with Crippen LogP contribution in [0.1, 0.15) is 15.9 Å². The molecule has 2 fully saturated rings. The Morgan fingerprint density at radius 1 is 0.719 bits per heavy atom. The van der Waals surface area contributed by atoms with Gasteiger partial charge in [-0.05, 0) is 23.8 Å². The monoisotopic (exact) mass is 420 g/mol. The average Bonchev–Trinajstić information content (AvgIpc) is 3.32. The molecule has 3 aromatic carbocycles. The zero-order chi connectivity index (χ0) is 21.8. The van der Waals surface area contributed by atoms with Gasteiger partial charge in [0.15, 0.2) is 5.78 Å². The molecule has 3 heterocycles. The molecule has 0 spiro atoms. The number of Topliss-reactive ketones (excluding diaryl/α,β-unsaturated/α-hetero) is 1. The third-order valence-electron chi connectivity index (χ3n) is 6.76. The van der Waals surface area contributed by atoms with Crippen molar-refractivity contribution in [2.45, 2.75) is 12.1 Å². The lowest BCUT2D eigenvalue weighted by Crippen LogP contribution is -2.48. The van der Waals surface area contributed by atoms with Crippen LogP contribution in [0.4, 0.5) is 11.4 Å². The minimum atomic E-state index is -0.747. The predicted molar refractivity (Wildman–Crippen MR) is 122 cm³/mol. The Morgan fingerprint density at radius 2 is 1.34 bits per heavy atom. The van der Waals surface area contributed by atoms with Crippen molar-refractivity contribution in [3.63, 3.8) is 0 Å². The Morgan fingerprint density at radius 3 is 2.09 bits per heavy atom. The summed E-state index contributed by atoms with van der Waals surface area (Å²) in [4.78, 5) is 44.4. The van der Waals surface area contributed by atoms with Crippen molar-refractivity contribution in [3.8, 4) is 0 Å². The summed E-state index contributed by atoms with van der Waals surface area (Å²) >= 11 is 0. The number of para-hydroxylation sites is 2. The van der Waals surface area contributed by atoms with E-state index >= 15 is 0 Å². The molecule has 5 nitrogen and oxygen atoms in total. The SMILES string of the molecule is O=C(c1ccccc1)C1C2C(=O)N(c3ccccc3)C(=O)C2C2C=Cc3ccccc3N21. The fraction of sp³-hybridized carbons (Fsp3) is 0.148. The molecule has 0 aromatic heterocycles. The summed E-state index contributed by atoms with van der Waals surface area (Å²) < 4.78 is 0. The number of benzene rings is 3. The molecule has 5 heteroatoms. The Labute approximate surface area is 185 Å². The molecule has 0 N–H and O–H groups in total. The second-order valence-electron chi connectivity index (χ2n) is 8.39. The zero-order valence-electron chi connectivity index (χ0n) is 17.2. The molecular formula is C27H20N2O3. The van der Waals surface area contributed by atoms with Gasteiger partial charge in [-0.3, -0.25) is 14.4 Å². The molecule has 4 atom stereocenters. The number of anilines is 2. The van der Waals surface area contributed by atoms with Crippen molar-refractivity contribution in [3.05, 3.63) is 102 Å². The van der Waals surface area contributed by atoms with E-state index in [0.29, 0.717) is 11.3 Å². The molecule has 4 unspecified atom stereocenters. The minimum Gasteiger partial charge on any atom is -0.352 e. The number of hydrogen-bond acceptors (Lipinski definition) is 4. The van der Waals surface area contributed by atoms with Crippen LogP contribution in [-0.2, 0) is 9.59 Å². The molecule has 156 valence electrons. The molecule has 0 bridgehead atoms. The van der Waals surface area contributed by atoms with Crippen molar-refractivity contribution in [2.75, 3.05) is 9.80 Å². The Kier molecular flexibility index (Phi) is 4.12. The number of carbonyl (C=O) groups excluding carboxylic acids is 3. The summed E-state index contributed by atoms with van der Waals surface area (Å²) in [5.41, 5.74) is 2.96. The van der Waals surface area contributed by atoms with E-state index in [1.165, 1.54) is 4.90 Å². The maximum atomic E-state index is 13.8. The number of nitrogens with zero attached hydrogens (tertiary/aromatic N) is 2. The van der Waals surface area contributed by atoms with Crippen LogP contribution in [0.15, 0.2) is 91.0 Å². The van der Waals surface area contributed by atoms with Crippen LogP contribution in [-0.4, -0.2) is 29.7 Å². The highest BCUT2D eigenvalue weighted by atomic mass is 16.2. The van der Waals surface area contributed by atoms with Gasteiger partial charge in [-0.1, -0.05) is 78.9 Å². The lowest BCUT2D eigenvalue weighted by atomic mass is 9.86. The largest absolute Gasteiger partial charge is 0.352 e. The first-order chi connectivity index (χ1) is 15.7. The predicted octanol–water partition coefficient (Wildman–Crippen LogP) is 3.96. The molecule has 3 aliphatic heterocycles. The molecule has 2 amide bonds. The molecule has 0 radical (unpaired) electrons. The molecule has 32 heavy (non-hydrogen) atoms. The van der Waals surface area contributed by atoms with E-state index < -0.39 is 17.9 Å². The Hall–Kier alpha value is -3.99. The third-order valence-corrected chi connectivity index (χ3v) is 6.76. The number of hydrogen-bond donors (Lipinski definition) is 0. The smallest absolute Gasteiger partial charge is 0.240 e. The lowest BCUT2D eigenvalue weighted by molar-refractivity contribution is -0.122. The fourth-order valence-electron chi connectivity index (χ4n) is 5.42. The van der Waals surface area contributed by atoms with Crippen molar-refractivity contribution < 1.29 is 14.4 Å². The van der Waals surface area contributed by atoms with Crippen LogP contribution in [0.5, 0.6) is 0 Å². The number of fused-ring (bicyclic) bond motifs is 5.